The average molecular weight is 296 g/mol. The second kappa shape index (κ2) is 4.58. The molecule has 0 bridgehead atoms. The third kappa shape index (κ3) is 2.65. The second-order valence-electron chi connectivity index (χ2n) is 3.52. The highest BCUT2D eigenvalue weighted by atomic mass is 79.9. The summed E-state index contributed by atoms with van der Waals surface area (Å²) in [5.41, 5.74) is 7.55. The van der Waals surface area contributed by atoms with Crippen molar-refractivity contribution in [1.82, 2.24) is 5.16 Å². The highest BCUT2D eigenvalue weighted by Gasteiger charge is 2.11. The molecule has 0 fully saturated rings. The predicted octanol–water partition coefficient (Wildman–Crippen LogP) is 2.58. The van der Waals surface area contributed by atoms with Crippen molar-refractivity contribution in [3.63, 3.8) is 0 Å². The van der Waals surface area contributed by atoms with Gasteiger partial charge in [0, 0.05) is 21.9 Å². The number of nitrogens with zero attached hydrogens (tertiary/aromatic N) is 1. The SMILES string of the molecule is Cc1cc(C(=O)Nc2ccc(N)c(Br)c2)on1. The Morgan fingerprint density at radius 3 is 2.82 bits per heavy atom. The van der Waals surface area contributed by atoms with E-state index >= 15 is 0 Å². The van der Waals surface area contributed by atoms with Gasteiger partial charge in [-0.05, 0) is 41.1 Å². The van der Waals surface area contributed by atoms with Gasteiger partial charge in [-0.3, -0.25) is 4.79 Å². The van der Waals surface area contributed by atoms with Crippen LogP contribution in [0.2, 0.25) is 0 Å². The fraction of sp³-hybridized carbons (Fsp3) is 0.0909. The molecule has 1 aromatic carbocycles. The first-order chi connectivity index (χ1) is 8.06. The molecule has 0 aliphatic heterocycles. The van der Waals surface area contributed by atoms with Crippen molar-refractivity contribution < 1.29 is 9.32 Å². The fourth-order valence-electron chi connectivity index (χ4n) is 1.27. The van der Waals surface area contributed by atoms with Gasteiger partial charge in [0.15, 0.2) is 0 Å². The van der Waals surface area contributed by atoms with Crippen molar-refractivity contribution >= 4 is 33.2 Å². The Bertz CT molecular complexity index is 566. The lowest BCUT2D eigenvalue weighted by Crippen LogP contribution is -2.10. The zero-order valence-electron chi connectivity index (χ0n) is 9.03. The summed E-state index contributed by atoms with van der Waals surface area (Å²) in [5.74, 6) is -0.169. The van der Waals surface area contributed by atoms with Gasteiger partial charge in [-0.15, -0.1) is 0 Å². The minimum Gasteiger partial charge on any atom is -0.398 e. The number of halogens is 1. The molecule has 0 aliphatic rings. The maximum absolute atomic E-state index is 11.7. The molecule has 0 saturated carbocycles. The second-order valence-corrected chi connectivity index (χ2v) is 4.38. The molecule has 1 amide bonds. The van der Waals surface area contributed by atoms with Crippen LogP contribution in [0.4, 0.5) is 11.4 Å². The van der Waals surface area contributed by atoms with E-state index in [1.54, 1.807) is 31.2 Å². The van der Waals surface area contributed by atoms with Gasteiger partial charge >= 0.3 is 0 Å². The van der Waals surface area contributed by atoms with Crippen LogP contribution in [0, 0.1) is 6.92 Å². The van der Waals surface area contributed by atoms with Gasteiger partial charge in [0.25, 0.3) is 5.91 Å². The number of carbonyl (C=O) groups is 1. The van der Waals surface area contributed by atoms with E-state index in [0.29, 0.717) is 17.1 Å². The normalized spacial score (nSPS) is 10.2. The minimum absolute atomic E-state index is 0.176. The minimum atomic E-state index is -0.345. The third-order valence-corrected chi connectivity index (χ3v) is 2.80. The summed E-state index contributed by atoms with van der Waals surface area (Å²) in [6, 6.07) is 6.70. The van der Waals surface area contributed by atoms with Gasteiger partial charge in [0.2, 0.25) is 5.76 Å². The number of rotatable bonds is 2. The van der Waals surface area contributed by atoms with Crippen LogP contribution in [0.5, 0.6) is 0 Å². The molecule has 0 spiro atoms. The van der Waals surface area contributed by atoms with E-state index in [0.717, 1.165) is 4.47 Å². The van der Waals surface area contributed by atoms with Gasteiger partial charge in [0.1, 0.15) is 0 Å². The highest BCUT2D eigenvalue weighted by Crippen LogP contribution is 2.23. The molecule has 17 heavy (non-hydrogen) atoms. The summed E-state index contributed by atoms with van der Waals surface area (Å²) in [6.07, 6.45) is 0. The number of nitrogen functional groups attached to an aromatic ring is 1. The van der Waals surface area contributed by atoms with Gasteiger partial charge < -0.3 is 15.6 Å². The molecule has 0 aliphatic carbocycles. The van der Waals surface area contributed by atoms with Crippen molar-refractivity contribution in [3.05, 3.63) is 40.2 Å². The Morgan fingerprint density at radius 2 is 2.24 bits per heavy atom. The van der Waals surface area contributed by atoms with E-state index < -0.39 is 0 Å². The first-order valence-electron chi connectivity index (χ1n) is 4.86. The number of hydrogen-bond acceptors (Lipinski definition) is 4. The van der Waals surface area contributed by atoms with Crippen molar-refractivity contribution in [3.8, 4) is 0 Å². The van der Waals surface area contributed by atoms with E-state index in [1.165, 1.54) is 0 Å². The Hall–Kier alpha value is -1.82. The van der Waals surface area contributed by atoms with E-state index in [1.807, 2.05) is 0 Å². The smallest absolute Gasteiger partial charge is 0.294 e. The number of benzene rings is 1. The molecule has 6 heteroatoms. The summed E-state index contributed by atoms with van der Waals surface area (Å²) in [6.45, 7) is 1.75. The van der Waals surface area contributed by atoms with E-state index in [2.05, 4.69) is 26.4 Å². The van der Waals surface area contributed by atoms with E-state index in [4.69, 9.17) is 10.3 Å². The van der Waals surface area contributed by atoms with Crippen LogP contribution in [-0.4, -0.2) is 11.1 Å². The first-order valence-corrected chi connectivity index (χ1v) is 5.65. The summed E-state index contributed by atoms with van der Waals surface area (Å²) in [4.78, 5) is 11.7. The Labute approximate surface area is 106 Å². The van der Waals surface area contributed by atoms with Crippen LogP contribution < -0.4 is 11.1 Å². The highest BCUT2D eigenvalue weighted by molar-refractivity contribution is 9.10. The average Bonchev–Trinajstić information content (AvgIpc) is 2.70. The summed E-state index contributed by atoms with van der Waals surface area (Å²) >= 11 is 3.28. The number of nitrogens with two attached hydrogens (primary N) is 1. The van der Waals surface area contributed by atoms with Crippen LogP contribution in [0.15, 0.2) is 33.3 Å². The molecule has 0 unspecified atom stereocenters. The van der Waals surface area contributed by atoms with Crippen molar-refractivity contribution in [2.24, 2.45) is 0 Å². The molecule has 1 heterocycles. The third-order valence-electron chi connectivity index (χ3n) is 2.11. The van der Waals surface area contributed by atoms with Crippen LogP contribution in [-0.2, 0) is 0 Å². The Kier molecular flexibility index (Phi) is 3.14. The number of carbonyl (C=O) groups excluding carboxylic acids is 1. The van der Waals surface area contributed by atoms with Gasteiger partial charge in [-0.2, -0.15) is 0 Å². The maximum atomic E-state index is 11.7. The molecule has 1 aromatic heterocycles. The molecule has 0 radical (unpaired) electrons. The fourth-order valence-corrected chi connectivity index (χ4v) is 1.65. The largest absolute Gasteiger partial charge is 0.398 e. The van der Waals surface area contributed by atoms with Gasteiger partial charge in [0.05, 0.1) is 5.69 Å². The van der Waals surface area contributed by atoms with Crippen molar-refractivity contribution in [2.45, 2.75) is 6.92 Å². The lowest BCUT2D eigenvalue weighted by Gasteiger charge is -2.04. The summed E-state index contributed by atoms with van der Waals surface area (Å²) < 4.78 is 5.58. The quantitative estimate of drug-likeness (QED) is 0.835. The zero-order chi connectivity index (χ0) is 12.4. The molecule has 3 N–H and O–H groups in total. The van der Waals surface area contributed by atoms with Crippen molar-refractivity contribution in [2.75, 3.05) is 11.1 Å². The molecule has 2 aromatic rings. The van der Waals surface area contributed by atoms with E-state index in [9.17, 15) is 4.79 Å². The van der Waals surface area contributed by atoms with Crippen LogP contribution in [0.3, 0.4) is 0 Å². The number of nitrogens with one attached hydrogen (secondary N) is 1. The summed E-state index contributed by atoms with van der Waals surface area (Å²) in [5, 5.41) is 6.33. The number of aromatic nitrogens is 1. The number of amides is 1. The lowest BCUT2D eigenvalue weighted by molar-refractivity contribution is 0.0988. The molecule has 0 saturated heterocycles. The van der Waals surface area contributed by atoms with Crippen LogP contribution in [0.25, 0.3) is 0 Å². The van der Waals surface area contributed by atoms with E-state index in [-0.39, 0.29) is 11.7 Å². The number of aryl methyl sites for hydroxylation is 1. The molecular formula is C11H10BrN3O2. The van der Waals surface area contributed by atoms with Crippen LogP contribution >= 0.6 is 15.9 Å². The number of anilines is 2. The molecule has 0 atom stereocenters. The lowest BCUT2D eigenvalue weighted by atomic mass is 10.3. The monoisotopic (exact) mass is 295 g/mol. The molecule has 88 valence electrons. The Balaban J connectivity index is 2.15. The zero-order valence-corrected chi connectivity index (χ0v) is 10.6. The summed E-state index contributed by atoms with van der Waals surface area (Å²) in [7, 11) is 0. The predicted molar refractivity (Wildman–Crippen MR) is 67.7 cm³/mol. The Morgan fingerprint density at radius 1 is 1.47 bits per heavy atom. The maximum Gasteiger partial charge on any atom is 0.294 e. The molecular weight excluding hydrogens is 286 g/mol. The number of hydrogen-bond donors (Lipinski definition) is 2. The standard InChI is InChI=1S/C11H10BrN3O2/c1-6-4-10(17-15-6)11(16)14-7-2-3-9(13)8(12)5-7/h2-5H,13H2,1H3,(H,14,16). The molecule has 5 nitrogen and oxygen atoms in total. The van der Waals surface area contributed by atoms with Crippen molar-refractivity contribution in [1.29, 1.82) is 0 Å². The van der Waals surface area contributed by atoms with Crippen LogP contribution in [0.1, 0.15) is 16.2 Å². The first kappa shape index (κ1) is 11.7. The van der Waals surface area contributed by atoms with Gasteiger partial charge in [-0.1, -0.05) is 5.16 Å². The topological polar surface area (TPSA) is 81.2 Å². The molecule has 2 rings (SSSR count). The van der Waals surface area contributed by atoms with Gasteiger partial charge in [-0.25, -0.2) is 0 Å².